The SMILES string of the molecule is CCC(c1ccc(F)cn1)N1CCOC(CC(=O)O)C1. The third-order valence-corrected chi connectivity index (χ3v) is 3.49. The summed E-state index contributed by atoms with van der Waals surface area (Å²) in [5, 5.41) is 8.84. The second-order valence-corrected chi connectivity index (χ2v) is 4.91. The van der Waals surface area contributed by atoms with Crippen LogP contribution in [0.15, 0.2) is 18.3 Å². The van der Waals surface area contributed by atoms with Crippen molar-refractivity contribution in [2.75, 3.05) is 19.7 Å². The van der Waals surface area contributed by atoms with Crippen molar-refractivity contribution in [2.24, 2.45) is 0 Å². The average Bonchev–Trinajstić information content (AvgIpc) is 2.41. The Bertz CT molecular complexity index is 452. The number of pyridine rings is 1. The lowest BCUT2D eigenvalue weighted by molar-refractivity contribution is -0.142. The molecule has 6 heteroatoms. The van der Waals surface area contributed by atoms with Crippen LogP contribution in [0.1, 0.15) is 31.5 Å². The van der Waals surface area contributed by atoms with E-state index in [4.69, 9.17) is 9.84 Å². The standard InChI is InChI=1S/C14H19FN2O3/c1-2-13(12-4-3-10(15)8-16-12)17-5-6-20-11(9-17)7-14(18)19/h3-4,8,11,13H,2,5-7,9H2,1H3,(H,18,19). The molecule has 1 aliphatic rings. The van der Waals surface area contributed by atoms with Crippen LogP contribution < -0.4 is 0 Å². The van der Waals surface area contributed by atoms with E-state index in [9.17, 15) is 9.18 Å². The van der Waals surface area contributed by atoms with Crippen molar-refractivity contribution in [1.82, 2.24) is 9.88 Å². The van der Waals surface area contributed by atoms with Crippen molar-refractivity contribution in [2.45, 2.75) is 31.9 Å². The van der Waals surface area contributed by atoms with E-state index in [1.807, 2.05) is 6.92 Å². The molecule has 1 aromatic rings. The minimum atomic E-state index is -0.857. The molecule has 1 saturated heterocycles. The molecule has 110 valence electrons. The third-order valence-electron chi connectivity index (χ3n) is 3.49. The summed E-state index contributed by atoms with van der Waals surface area (Å²) in [6, 6.07) is 3.15. The normalized spacial score (nSPS) is 21.6. The number of hydrogen-bond acceptors (Lipinski definition) is 4. The predicted octanol–water partition coefficient (Wildman–Crippen LogP) is 1.85. The fourth-order valence-electron chi connectivity index (χ4n) is 2.58. The maximum Gasteiger partial charge on any atom is 0.306 e. The number of aromatic nitrogens is 1. The molecule has 2 unspecified atom stereocenters. The van der Waals surface area contributed by atoms with E-state index in [1.165, 1.54) is 12.3 Å². The van der Waals surface area contributed by atoms with Gasteiger partial charge in [0.1, 0.15) is 5.82 Å². The molecule has 2 heterocycles. The van der Waals surface area contributed by atoms with Crippen LogP contribution in [0.25, 0.3) is 0 Å². The van der Waals surface area contributed by atoms with E-state index >= 15 is 0 Å². The van der Waals surface area contributed by atoms with Gasteiger partial charge in [-0.15, -0.1) is 0 Å². The number of morpholine rings is 1. The molecule has 0 bridgehead atoms. The van der Waals surface area contributed by atoms with Gasteiger partial charge in [0, 0.05) is 13.1 Å². The van der Waals surface area contributed by atoms with Gasteiger partial charge in [-0.05, 0) is 18.6 Å². The van der Waals surface area contributed by atoms with Crippen molar-refractivity contribution < 1.29 is 19.0 Å². The van der Waals surface area contributed by atoms with Gasteiger partial charge in [-0.3, -0.25) is 14.7 Å². The van der Waals surface area contributed by atoms with Crippen LogP contribution in [0, 0.1) is 5.82 Å². The van der Waals surface area contributed by atoms with Crippen LogP contribution in [0.5, 0.6) is 0 Å². The molecule has 0 saturated carbocycles. The topological polar surface area (TPSA) is 62.7 Å². The maximum absolute atomic E-state index is 12.9. The summed E-state index contributed by atoms with van der Waals surface area (Å²) in [7, 11) is 0. The average molecular weight is 282 g/mol. The van der Waals surface area contributed by atoms with Crippen LogP contribution in [0.3, 0.4) is 0 Å². The smallest absolute Gasteiger partial charge is 0.306 e. The number of aliphatic carboxylic acids is 1. The Morgan fingerprint density at radius 1 is 1.65 bits per heavy atom. The summed E-state index contributed by atoms with van der Waals surface area (Å²) in [4.78, 5) is 17.1. The van der Waals surface area contributed by atoms with Gasteiger partial charge < -0.3 is 9.84 Å². The number of carboxylic acid groups (broad SMARTS) is 1. The summed E-state index contributed by atoms with van der Waals surface area (Å²) in [5.74, 6) is -1.21. The van der Waals surface area contributed by atoms with Crippen molar-refractivity contribution in [3.05, 3.63) is 29.8 Å². The van der Waals surface area contributed by atoms with E-state index < -0.39 is 5.97 Å². The first-order valence-corrected chi connectivity index (χ1v) is 6.79. The van der Waals surface area contributed by atoms with Gasteiger partial charge in [-0.25, -0.2) is 4.39 Å². The summed E-state index contributed by atoms with van der Waals surface area (Å²) in [5.41, 5.74) is 0.810. The zero-order chi connectivity index (χ0) is 14.5. The summed E-state index contributed by atoms with van der Waals surface area (Å²) >= 11 is 0. The van der Waals surface area contributed by atoms with E-state index in [0.717, 1.165) is 18.7 Å². The van der Waals surface area contributed by atoms with Crippen LogP contribution >= 0.6 is 0 Å². The van der Waals surface area contributed by atoms with Crippen LogP contribution in [-0.2, 0) is 9.53 Å². The fraction of sp³-hybridized carbons (Fsp3) is 0.571. The number of ether oxygens (including phenoxy) is 1. The molecule has 0 amide bonds. The number of hydrogen-bond donors (Lipinski definition) is 1. The van der Waals surface area contributed by atoms with E-state index in [2.05, 4.69) is 9.88 Å². The second-order valence-electron chi connectivity index (χ2n) is 4.91. The quantitative estimate of drug-likeness (QED) is 0.893. The first-order chi connectivity index (χ1) is 9.60. The first-order valence-electron chi connectivity index (χ1n) is 6.79. The molecule has 2 atom stereocenters. The highest BCUT2D eigenvalue weighted by Gasteiger charge is 2.28. The predicted molar refractivity (Wildman–Crippen MR) is 70.8 cm³/mol. The Morgan fingerprint density at radius 2 is 2.45 bits per heavy atom. The zero-order valence-electron chi connectivity index (χ0n) is 11.5. The number of carboxylic acids is 1. The van der Waals surface area contributed by atoms with Gasteiger partial charge in [0.25, 0.3) is 0 Å². The molecule has 1 aromatic heterocycles. The monoisotopic (exact) mass is 282 g/mol. The Labute approximate surface area is 117 Å². The lowest BCUT2D eigenvalue weighted by Crippen LogP contribution is -2.45. The molecule has 1 N–H and O–H groups in total. The molecular formula is C14H19FN2O3. The van der Waals surface area contributed by atoms with E-state index in [1.54, 1.807) is 6.07 Å². The summed E-state index contributed by atoms with van der Waals surface area (Å²) < 4.78 is 18.4. The Kier molecular flexibility index (Phi) is 5.03. The molecule has 0 spiro atoms. The zero-order valence-corrected chi connectivity index (χ0v) is 11.5. The second kappa shape index (κ2) is 6.76. The van der Waals surface area contributed by atoms with Gasteiger partial charge in [0.2, 0.25) is 0 Å². The number of rotatable bonds is 5. The van der Waals surface area contributed by atoms with Crippen LogP contribution in [0.4, 0.5) is 4.39 Å². The first kappa shape index (κ1) is 14.9. The maximum atomic E-state index is 12.9. The minimum absolute atomic E-state index is 0.00375. The molecule has 1 aliphatic heterocycles. The van der Waals surface area contributed by atoms with Crippen molar-refractivity contribution in [1.29, 1.82) is 0 Å². The number of halogens is 1. The third kappa shape index (κ3) is 3.74. The largest absolute Gasteiger partial charge is 0.481 e. The van der Waals surface area contributed by atoms with Crippen molar-refractivity contribution in [3.63, 3.8) is 0 Å². The Morgan fingerprint density at radius 3 is 3.05 bits per heavy atom. The van der Waals surface area contributed by atoms with Gasteiger partial charge in [0.15, 0.2) is 0 Å². The highest BCUT2D eigenvalue weighted by atomic mass is 19.1. The lowest BCUT2D eigenvalue weighted by Gasteiger charge is -2.37. The van der Waals surface area contributed by atoms with Crippen LogP contribution in [-0.4, -0.2) is 46.8 Å². The van der Waals surface area contributed by atoms with Gasteiger partial charge in [-0.2, -0.15) is 0 Å². The number of nitrogens with zero attached hydrogens (tertiary/aromatic N) is 2. The van der Waals surface area contributed by atoms with Gasteiger partial charge in [-0.1, -0.05) is 6.92 Å². The molecule has 2 rings (SSSR count). The summed E-state index contributed by atoms with van der Waals surface area (Å²) in [6.45, 7) is 3.84. The van der Waals surface area contributed by atoms with Gasteiger partial charge >= 0.3 is 5.97 Å². The van der Waals surface area contributed by atoms with E-state index in [0.29, 0.717) is 13.2 Å². The van der Waals surface area contributed by atoms with Crippen LogP contribution in [0.2, 0.25) is 0 Å². The highest BCUT2D eigenvalue weighted by Crippen LogP contribution is 2.25. The molecule has 0 aromatic carbocycles. The van der Waals surface area contributed by atoms with Gasteiger partial charge in [0.05, 0.1) is 37.1 Å². The Balaban J connectivity index is 2.06. The molecule has 0 radical (unpaired) electrons. The molecular weight excluding hydrogens is 263 g/mol. The summed E-state index contributed by atoms with van der Waals surface area (Å²) in [6.07, 6.45) is 1.76. The molecule has 0 aliphatic carbocycles. The molecule has 20 heavy (non-hydrogen) atoms. The molecule has 5 nitrogen and oxygen atoms in total. The fourth-order valence-corrected chi connectivity index (χ4v) is 2.58. The van der Waals surface area contributed by atoms with Crippen molar-refractivity contribution >= 4 is 5.97 Å². The molecule has 1 fully saturated rings. The highest BCUT2D eigenvalue weighted by molar-refractivity contribution is 5.67. The van der Waals surface area contributed by atoms with E-state index in [-0.39, 0.29) is 24.4 Å². The minimum Gasteiger partial charge on any atom is -0.481 e. The van der Waals surface area contributed by atoms with Crippen molar-refractivity contribution in [3.8, 4) is 0 Å². The lowest BCUT2D eigenvalue weighted by atomic mass is 10.1. The Hall–Kier alpha value is -1.53. The number of carbonyl (C=O) groups is 1.